The molecule has 0 unspecified atom stereocenters. The van der Waals surface area contributed by atoms with Crippen molar-refractivity contribution in [3.63, 3.8) is 0 Å². The first-order chi connectivity index (χ1) is 8.52. The molecule has 0 aromatic heterocycles. The Morgan fingerprint density at radius 2 is 1.94 bits per heavy atom. The molecular weight excluding hydrogens is 220 g/mol. The van der Waals surface area contributed by atoms with Gasteiger partial charge in [0, 0.05) is 0 Å². The summed E-state index contributed by atoms with van der Waals surface area (Å²) in [5, 5.41) is 0. The maximum absolute atomic E-state index is 6.52. The zero-order valence-corrected chi connectivity index (χ0v) is 11.6. The van der Waals surface area contributed by atoms with E-state index in [1.807, 2.05) is 0 Å². The largest absolute Gasteiger partial charge is 0.367 e. The third kappa shape index (κ3) is 1.17. The number of fused-ring (bicyclic) bond motifs is 4. The van der Waals surface area contributed by atoms with Crippen molar-refractivity contribution in [2.75, 3.05) is 0 Å². The summed E-state index contributed by atoms with van der Waals surface area (Å²) in [6.45, 7) is 7.04. The second-order valence-corrected chi connectivity index (χ2v) is 7.22. The minimum atomic E-state index is 0.0555. The van der Waals surface area contributed by atoms with Gasteiger partial charge in [-0.05, 0) is 61.5 Å². The van der Waals surface area contributed by atoms with Crippen LogP contribution in [0, 0.1) is 11.8 Å². The summed E-state index contributed by atoms with van der Waals surface area (Å²) < 4.78 is 6.52. The molecule has 0 N–H and O–H groups in total. The Hall–Kier alpha value is -0.820. The molecule has 0 amide bonds. The van der Waals surface area contributed by atoms with Crippen LogP contribution in [0.4, 0.5) is 0 Å². The van der Waals surface area contributed by atoms with Gasteiger partial charge in [0.15, 0.2) is 0 Å². The van der Waals surface area contributed by atoms with Gasteiger partial charge in [-0.3, -0.25) is 0 Å². The first-order valence-electron chi connectivity index (χ1n) is 7.29. The smallest absolute Gasteiger partial charge is 0.0871 e. The summed E-state index contributed by atoms with van der Waals surface area (Å²) in [7, 11) is 0. The van der Waals surface area contributed by atoms with E-state index >= 15 is 0 Å². The molecule has 1 heteroatoms. The second kappa shape index (κ2) is 3.19. The predicted octanol–water partition coefficient (Wildman–Crippen LogP) is 4.22. The molecule has 2 fully saturated rings. The predicted molar refractivity (Wildman–Crippen MR) is 72.5 cm³/mol. The van der Waals surface area contributed by atoms with E-state index in [9.17, 15) is 0 Å². The quantitative estimate of drug-likeness (QED) is 0.661. The third-order valence-corrected chi connectivity index (χ3v) is 6.03. The molecule has 1 saturated heterocycles. The van der Waals surface area contributed by atoms with Crippen molar-refractivity contribution in [1.29, 1.82) is 0 Å². The highest BCUT2D eigenvalue weighted by Gasteiger charge is 2.58. The lowest BCUT2D eigenvalue weighted by Crippen LogP contribution is -2.50. The lowest BCUT2D eigenvalue weighted by Gasteiger charge is -2.52. The standard InChI is InChI=1S/C17H22O/c1-16(2)11-8-9-17(3)13-7-5-4-6-12(13)15(18-16)14(17)10-11/h4-7,11,14-15H,8-10H2,1-3H3/t11-,14-,15+,17-/m1/s1. The van der Waals surface area contributed by atoms with Crippen LogP contribution >= 0.6 is 0 Å². The normalized spacial score (nSPS) is 43.6. The van der Waals surface area contributed by atoms with Gasteiger partial charge < -0.3 is 4.74 Å². The van der Waals surface area contributed by atoms with Crippen LogP contribution in [0.3, 0.4) is 0 Å². The van der Waals surface area contributed by atoms with Crippen LogP contribution in [-0.2, 0) is 10.2 Å². The molecule has 96 valence electrons. The van der Waals surface area contributed by atoms with Crippen LogP contribution in [0.25, 0.3) is 0 Å². The maximum Gasteiger partial charge on any atom is 0.0871 e. The highest BCUT2D eigenvalue weighted by atomic mass is 16.5. The molecule has 0 radical (unpaired) electrons. The van der Waals surface area contributed by atoms with E-state index < -0.39 is 0 Å². The fraction of sp³-hybridized carbons (Fsp3) is 0.647. The Labute approximate surface area is 110 Å². The summed E-state index contributed by atoms with van der Waals surface area (Å²) in [4.78, 5) is 0. The van der Waals surface area contributed by atoms with E-state index in [2.05, 4.69) is 45.0 Å². The zero-order chi connectivity index (χ0) is 12.5. The number of hydrogen-bond donors (Lipinski definition) is 0. The van der Waals surface area contributed by atoms with Crippen molar-refractivity contribution in [3.05, 3.63) is 35.4 Å². The number of ether oxygens (including phenoxy) is 1. The van der Waals surface area contributed by atoms with Gasteiger partial charge in [-0.15, -0.1) is 0 Å². The van der Waals surface area contributed by atoms with Gasteiger partial charge in [-0.25, -0.2) is 0 Å². The topological polar surface area (TPSA) is 9.23 Å². The minimum Gasteiger partial charge on any atom is -0.367 e. The number of hydrogen-bond acceptors (Lipinski definition) is 1. The summed E-state index contributed by atoms with van der Waals surface area (Å²) in [6.07, 6.45) is 4.35. The van der Waals surface area contributed by atoms with E-state index in [4.69, 9.17) is 4.74 Å². The summed E-state index contributed by atoms with van der Waals surface area (Å²) in [5.41, 5.74) is 3.46. The van der Waals surface area contributed by atoms with Crippen molar-refractivity contribution in [3.8, 4) is 0 Å². The molecule has 1 aliphatic heterocycles. The van der Waals surface area contributed by atoms with Crippen LogP contribution in [0.2, 0.25) is 0 Å². The number of rotatable bonds is 0. The maximum atomic E-state index is 6.52. The van der Waals surface area contributed by atoms with Crippen LogP contribution in [0.15, 0.2) is 24.3 Å². The van der Waals surface area contributed by atoms with Gasteiger partial charge >= 0.3 is 0 Å². The fourth-order valence-corrected chi connectivity index (χ4v) is 4.82. The van der Waals surface area contributed by atoms with Crippen LogP contribution in [0.5, 0.6) is 0 Å². The molecule has 18 heavy (non-hydrogen) atoms. The molecule has 1 aromatic rings. The molecule has 3 aliphatic rings. The van der Waals surface area contributed by atoms with Crippen LogP contribution in [0.1, 0.15) is 57.3 Å². The first-order valence-corrected chi connectivity index (χ1v) is 7.29. The van der Waals surface area contributed by atoms with Gasteiger partial charge in [-0.1, -0.05) is 31.2 Å². The van der Waals surface area contributed by atoms with Crippen molar-refractivity contribution >= 4 is 0 Å². The summed E-state index contributed by atoms with van der Waals surface area (Å²) in [6, 6.07) is 8.99. The summed E-state index contributed by atoms with van der Waals surface area (Å²) in [5.74, 6) is 1.46. The first kappa shape index (κ1) is 11.0. The molecule has 4 atom stereocenters. The van der Waals surface area contributed by atoms with Gasteiger partial charge in [-0.2, -0.15) is 0 Å². The van der Waals surface area contributed by atoms with Crippen molar-refractivity contribution in [2.24, 2.45) is 11.8 Å². The molecule has 1 nitrogen and oxygen atoms in total. The van der Waals surface area contributed by atoms with Crippen LogP contribution in [-0.4, -0.2) is 5.60 Å². The van der Waals surface area contributed by atoms with E-state index in [-0.39, 0.29) is 5.60 Å². The lowest BCUT2D eigenvalue weighted by molar-refractivity contribution is -0.192. The molecular formula is C17H22O. The molecule has 2 aliphatic carbocycles. The average Bonchev–Trinajstić information content (AvgIpc) is 2.61. The van der Waals surface area contributed by atoms with Crippen molar-refractivity contribution < 1.29 is 4.74 Å². The minimum absolute atomic E-state index is 0.0555. The Balaban J connectivity index is 1.91. The molecule has 1 heterocycles. The molecule has 2 bridgehead atoms. The van der Waals surface area contributed by atoms with Gasteiger partial charge in [0.2, 0.25) is 0 Å². The van der Waals surface area contributed by atoms with Crippen molar-refractivity contribution in [2.45, 2.75) is 57.2 Å². The molecule has 1 saturated carbocycles. The monoisotopic (exact) mass is 242 g/mol. The van der Waals surface area contributed by atoms with E-state index in [0.29, 0.717) is 17.4 Å². The number of benzene rings is 1. The highest BCUT2D eigenvalue weighted by molar-refractivity contribution is 5.44. The lowest BCUT2D eigenvalue weighted by atomic mass is 9.60. The van der Waals surface area contributed by atoms with Crippen molar-refractivity contribution in [1.82, 2.24) is 0 Å². The Morgan fingerprint density at radius 1 is 1.17 bits per heavy atom. The van der Waals surface area contributed by atoms with E-state index in [0.717, 1.165) is 5.92 Å². The third-order valence-electron chi connectivity index (χ3n) is 6.03. The van der Waals surface area contributed by atoms with E-state index in [1.165, 1.54) is 24.8 Å². The Kier molecular flexibility index (Phi) is 1.96. The Bertz CT molecular complexity index is 504. The molecule has 1 aromatic carbocycles. The van der Waals surface area contributed by atoms with E-state index in [1.54, 1.807) is 5.56 Å². The van der Waals surface area contributed by atoms with Gasteiger partial charge in [0.1, 0.15) is 0 Å². The zero-order valence-electron chi connectivity index (χ0n) is 11.6. The highest BCUT2D eigenvalue weighted by Crippen LogP contribution is 2.63. The Morgan fingerprint density at radius 3 is 2.78 bits per heavy atom. The average molecular weight is 242 g/mol. The molecule has 0 spiro atoms. The SMILES string of the molecule is CC1(C)O[C@H]2c3ccccc3[C@@]3(C)CC[C@@H]1C[C@H]23. The second-order valence-electron chi connectivity index (χ2n) is 7.22. The van der Waals surface area contributed by atoms with Crippen LogP contribution < -0.4 is 0 Å². The van der Waals surface area contributed by atoms with Gasteiger partial charge in [0.25, 0.3) is 0 Å². The molecule has 4 rings (SSSR count). The summed E-state index contributed by atoms with van der Waals surface area (Å²) >= 11 is 0. The van der Waals surface area contributed by atoms with Gasteiger partial charge in [0.05, 0.1) is 11.7 Å². The fourth-order valence-electron chi connectivity index (χ4n) is 4.82.